The van der Waals surface area contributed by atoms with Crippen molar-refractivity contribution in [2.45, 2.75) is 12.8 Å². The van der Waals surface area contributed by atoms with Gasteiger partial charge in [0.05, 0.1) is 12.2 Å². The molecule has 5 heteroatoms. The summed E-state index contributed by atoms with van der Waals surface area (Å²) in [7, 11) is 1.57. The third kappa shape index (κ3) is 2.85. The van der Waals surface area contributed by atoms with Gasteiger partial charge in [0.15, 0.2) is 0 Å². The standard InChI is InChI=1S/C19H20N2O3/c1-3-21-18(22)13-9-14-16(12-7-5-4-6-8-12)11-24-17(14)15(10-13)19(23)20-2/h4-10,16H,3,11H2,1-2H3,(H,20,23)(H,21,22)/t16-/m0/s1. The molecule has 1 aliphatic rings. The van der Waals surface area contributed by atoms with Crippen molar-refractivity contribution in [3.63, 3.8) is 0 Å². The second-order valence-electron chi connectivity index (χ2n) is 5.66. The summed E-state index contributed by atoms with van der Waals surface area (Å²) in [6, 6.07) is 13.4. The van der Waals surface area contributed by atoms with E-state index in [2.05, 4.69) is 10.6 Å². The fourth-order valence-corrected chi connectivity index (χ4v) is 2.99. The topological polar surface area (TPSA) is 67.4 Å². The van der Waals surface area contributed by atoms with Gasteiger partial charge in [-0.25, -0.2) is 0 Å². The molecule has 2 amide bonds. The first kappa shape index (κ1) is 16.1. The van der Waals surface area contributed by atoms with Gasteiger partial charge in [-0.3, -0.25) is 9.59 Å². The van der Waals surface area contributed by atoms with Crippen molar-refractivity contribution in [3.8, 4) is 5.75 Å². The van der Waals surface area contributed by atoms with E-state index >= 15 is 0 Å². The van der Waals surface area contributed by atoms with Crippen molar-refractivity contribution in [3.05, 3.63) is 64.7 Å². The van der Waals surface area contributed by atoms with Crippen LogP contribution in [0.2, 0.25) is 0 Å². The van der Waals surface area contributed by atoms with E-state index in [-0.39, 0.29) is 17.7 Å². The fourth-order valence-electron chi connectivity index (χ4n) is 2.99. The predicted molar refractivity (Wildman–Crippen MR) is 91.6 cm³/mol. The molecular formula is C19H20N2O3. The molecule has 0 saturated heterocycles. The number of hydrogen-bond acceptors (Lipinski definition) is 3. The number of benzene rings is 2. The number of hydrogen-bond donors (Lipinski definition) is 2. The van der Waals surface area contributed by atoms with Crippen LogP contribution < -0.4 is 15.4 Å². The highest BCUT2D eigenvalue weighted by Gasteiger charge is 2.31. The van der Waals surface area contributed by atoms with Crippen molar-refractivity contribution in [2.24, 2.45) is 0 Å². The van der Waals surface area contributed by atoms with Crippen LogP contribution in [-0.2, 0) is 0 Å². The Bertz CT molecular complexity index is 772. The summed E-state index contributed by atoms with van der Waals surface area (Å²) in [5, 5.41) is 5.39. The van der Waals surface area contributed by atoms with Gasteiger partial charge >= 0.3 is 0 Å². The highest BCUT2D eigenvalue weighted by atomic mass is 16.5. The Morgan fingerprint density at radius 2 is 1.92 bits per heavy atom. The number of carbonyl (C=O) groups is 2. The highest BCUT2D eigenvalue weighted by Crippen LogP contribution is 2.41. The van der Waals surface area contributed by atoms with Crippen LogP contribution in [0.1, 0.15) is 44.7 Å². The molecule has 1 atom stereocenters. The monoisotopic (exact) mass is 324 g/mol. The largest absolute Gasteiger partial charge is 0.491 e. The lowest BCUT2D eigenvalue weighted by Gasteiger charge is -2.12. The van der Waals surface area contributed by atoms with E-state index < -0.39 is 0 Å². The third-order valence-corrected chi connectivity index (χ3v) is 4.16. The van der Waals surface area contributed by atoms with E-state index in [0.717, 1.165) is 11.1 Å². The molecule has 0 radical (unpaired) electrons. The van der Waals surface area contributed by atoms with E-state index in [4.69, 9.17) is 4.74 Å². The molecule has 0 unspecified atom stereocenters. The van der Waals surface area contributed by atoms with Gasteiger partial charge in [0, 0.05) is 30.6 Å². The SMILES string of the molecule is CCNC(=O)c1cc(C(=O)NC)c2c(c1)[C@H](c1ccccc1)CO2. The van der Waals surface area contributed by atoms with Gasteiger partial charge in [-0.15, -0.1) is 0 Å². The highest BCUT2D eigenvalue weighted by molar-refractivity contribution is 6.02. The van der Waals surface area contributed by atoms with Crippen molar-refractivity contribution >= 4 is 11.8 Å². The lowest BCUT2D eigenvalue weighted by atomic mass is 9.90. The first-order valence-electron chi connectivity index (χ1n) is 8.01. The van der Waals surface area contributed by atoms with E-state index in [9.17, 15) is 9.59 Å². The lowest BCUT2D eigenvalue weighted by Crippen LogP contribution is -2.24. The van der Waals surface area contributed by atoms with Crippen LogP contribution in [0.4, 0.5) is 0 Å². The Hall–Kier alpha value is -2.82. The molecule has 24 heavy (non-hydrogen) atoms. The van der Waals surface area contributed by atoms with E-state index in [1.165, 1.54) is 0 Å². The second kappa shape index (κ2) is 6.74. The van der Waals surface area contributed by atoms with E-state index in [1.54, 1.807) is 13.1 Å². The van der Waals surface area contributed by atoms with Gasteiger partial charge in [0.1, 0.15) is 5.75 Å². The van der Waals surface area contributed by atoms with E-state index in [0.29, 0.717) is 30.0 Å². The zero-order chi connectivity index (χ0) is 17.1. The third-order valence-electron chi connectivity index (χ3n) is 4.16. The van der Waals surface area contributed by atoms with E-state index in [1.807, 2.05) is 43.3 Å². The lowest BCUT2D eigenvalue weighted by molar-refractivity contribution is 0.0955. The van der Waals surface area contributed by atoms with Crippen LogP contribution in [0.25, 0.3) is 0 Å². The van der Waals surface area contributed by atoms with Gasteiger partial charge < -0.3 is 15.4 Å². The molecule has 3 rings (SSSR count). The van der Waals surface area contributed by atoms with Gasteiger partial charge in [0.2, 0.25) is 0 Å². The summed E-state index contributed by atoms with van der Waals surface area (Å²) in [5.41, 5.74) is 2.85. The number of carbonyl (C=O) groups excluding carboxylic acids is 2. The van der Waals surface area contributed by atoms with Crippen molar-refractivity contribution < 1.29 is 14.3 Å². The number of fused-ring (bicyclic) bond motifs is 1. The molecule has 1 aliphatic heterocycles. The molecule has 0 aromatic heterocycles. The van der Waals surface area contributed by atoms with Crippen LogP contribution >= 0.6 is 0 Å². The normalized spacial score (nSPS) is 15.3. The minimum absolute atomic E-state index is 0.0129. The van der Waals surface area contributed by atoms with Crippen LogP contribution in [0.15, 0.2) is 42.5 Å². The molecule has 0 bridgehead atoms. The van der Waals surface area contributed by atoms with Gasteiger partial charge in [-0.1, -0.05) is 30.3 Å². The maximum atomic E-state index is 12.3. The molecule has 5 nitrogen and oxygen atoms in total. The summed E-state index contributed by atoms with van der Waals surface area (Å²) in [5.74, 6) is 0.130. The number of ether oxygens (including phenoxy) is 1. The summed E-state index contributed by atoms with van der Waals surface area (Å²) in [6.45, 7) is 2.85. The Morgan fingerprint density at radius 3 is 2.58 bits per heavy atom. The smallest absolute Gasteiger partial charge is 0.254 e. The quantitative estimate of drug-likeness (QED) is 0.907. The molecule has 2 N–H and O–H groups in total. The Morgan fingerprint density at radius 1 is 1.17 bits per heavy atom. The van der Waals surface area contributed by atoms with Gasteiger partial charge in [-0.2, -0.15) is 0 Å². The van der Waals surface area contributed by atoms with Crippen LogP contribution in [0.5, 0.6) is 5.75 Å². The summed E-state index contributed by atoms with van der Waals surface area (Å²) < 4.78 is 5.82. The summed E-state index contributed by atoms with van der Waals surface area (Å²) >= 11 is 0. The number of amides is 2. The average Bonchev–Trinajstić information content (AvgIpc) is 3.05. The minimum atomic E-state index is -0.258. The Labute approximate surface area is 141 Å². The van der Waals surface area contributed by atoms with Crippen LogP contribution in [-0.4, -0.2) is 32.0 Å². The van der Waals surface area contributed by atoms with Crippen molar-refractivity contribution in [2.75, 3.05) is 20.2 Å². The predicted octanol–water partition coefficient (Wildman–Crippen LogP) is 2.32. The molecule has 1 heterocycles. The van der Waals surface area contributed by atoms with Gasteiger partial charge in [-0.05, 0) is 24.6 Å². The number of rotatable bonds is 4. The Kier molecular flexibility index (Phi) is 4.51. The Balaban J connectivity index is 2.11. The second-order valence-corrected chi connectivity index (χ2v) is 5.66. The molecule has 124 valence electrons. The zero-order valence-electron chi connectivity index (χ0n) is 13.8. The molecule has 0 aliphatic carbocycles. The molecule has 2 aromatic rings. The van der Waals surface area contributed by atoms with Crippen LogP contribution in [0, 0.1) is 0 Å². The molecule has 0 spiro atoms. The first-order valence-corrected chi connectivity index (χ1v) is 8.01. The first-order chi connectivity index (χ1) is 11.7. The molecule has 2 aromatic carbocycles. The maximum Gasteiger partial charge on any atom is 0.254 e. The van der Waals surface area contributed by atoms with Crippen LogP contribution in [0.3, 0.4) is 0 Å². The van der Waals surface area contributed by atoms with Crippen molar-refractivity contribution in [1.29, 1.82) is 0 Å². The minimum Gasteiger partial charge on any atom is -0.491 e. The maximum absolute atomic E-state index is 12.3. The van der Waals surface area contributed by atoms with Crippen molar-refractivity contribution in [1.82, 2.24) is 10.6 Å². The summed E-state index contributed by atoms with van der Waals surface area (Å²) in [6.07, 6.45) is 0. The number of nitrogens with one attached hydrogen (secondary N) is 2. The fraction of sp³-hybridized carbons (Fsp3) is 0.263. The average molecular weight is 324 g/mol. The summed E-state index contributed by atoms with van der Waals surface area (Å²) in [4.78, 5) is 24.5. The molecular weight excluding hydrogens is 304 g/mol. The molecule has 0 fully saturated rings. The van der Waals surface area contributed by atoms with Gasteiger partial charge in [0.25, 0.3) is 11.8 Å². The molecule has 0 saturated carbocycles. The zero-order valence-corrected chi connectivity index (χ0v) is 13.8.